The molecule has 0 spiro atoms. The Morgan fingerprint density at radius 3 is 2.09 bits per heavy atom. The van der Waals surface area contributed by atoms with Crippen LogP contribution < -0.4 is 21.1 Å². The number of thiol groups is 1. The second kappa shape index (κ2) is 13.1. The molecule has 5 N–H and O–H groups in total. The molecule has 2 rings (SSSR count). The van der Waals surface area contributed by atoms with E-state index in [1.165, 1.54) is 0 Å². The first kappa shape index (κ1) is 28.9. The normalized spacial score (nSPS) is 16.5. The average molecular weight is 625 g/mol. The van der Waals surface area contributed by atoms with Crippen molar-refractivity contribution in [2.75, 3.05) is 5.75 Å². The number of hydrogen-bond acceptors (Lipinski definition) is 6. The molecule has 1 aliphatic rings. The minimum absolute atomic E-state index is 0.00345. The third kappa shape index (κ3) is 9.34. The van der Waals surface area contributed by atoms with E-state index in [1.54, 1.807) is 0 Å². The topological polar surface area (TPSA) is 147 Å². The predicted molar refractivity (Wildman–Crippen MR) is 143 cm³/mol. The Hall–Kier alpha value is -1.38. The summed E-state index contributed by atoms with van der Waals surface area (Å²) in [5.41, 5.74) is 6.11. The lowest BCUT2D eigenvalue weighted by molar-refractivity contribution is -0.131. The molecule has 3 amide bonds. The molecule has 190 valence electrons. The van der Waals surface area contributed by atoms with Crippen LogP contribution >= 0.6 is 35.2 Å². The molecule has 0 bridgehead atoms. The summed E-state index contributed by atoms with van der Waals surface area (Å²) in [7, 11) is -3.62. The van der Waals surface area contributed by atoms with Crippen LogP contribution in [0, 0.1) is 9.49 Å². The van der Waals surface area contributed by atoms with Gasteiger partial charge in [-0.2, -0.15) is 12.6 Å². The lowest BCUT2D eigenvalue weighted by atomic mass is 10.0. The zero-order valence-electron chi connectivity index (χ0n) is 19.3. The van der Waals surface area contributed by atoms with Gasteiger partial charge in [0.2, 0.25) is 27.7 Å². The Labute approximate surface area is 220 Å². The SMILES string of the molecule is CC(C)CC[C@H](NS(=O)(=O)C1CC1)C(=O)N[C@@H](Cc1ccc(I)cc1)C(=O)N[C@@H](CS)C(N)=O. The van der Waals surface area contributed by atoms with E-state index in [2.05, 4.69) is 50.6 Å². The van der Waals surface area contributed by atoms with Crippen LogP contribution in [-0.4, -0.2) is 55.3 Å². The highest BCUT2D eigenvalue weighted by Gasteiger charge is 2.39. The lowest BCUT2D eigenvalue weighted by Crippen LogP contribution is -2.57. The van der Waals surface area contributed by atoms with Gasteiger partial charge in [-0.05, 0) is 71.9 Å². The first-order valence-electron chi connectivity index (χ1n) is 11.2. The highest BCUT2D eigenvalue weighted by atomic mass is 127. The lowest BCUT2D eigenvalue weighted by Gasteiger charge is -2.25. The zero-order chi connectivity index (χ0) is 25.5. The summed E-state index contributed by atoms with van der Waals surface area (Å²) in [4.78, 5) is 37.8. The minimum atomic E-state index is -3.62. The van der Waals surface area contributed by atoms with E-state index in [4.69, 9.17) is 5.73 Å². The third-order valence-corrected chi connectivity index (χ3v) is 8.49. The van der Waals surface area contributed by atoms with E-state index in [0.29, 0.717) is 25.7 Å². The summed E-state index contributed by atoms with van der Waals surface area (Å²) in [5.74, 6) is -1.66. The van der Waals surface area contributed by atoms with Crippen LogP contribution in [0.2, 0.25) is 0 Å². The van der Waals surface area contributed by atoms with Gasteiger partial charge in [0, 0.05) is 15.7 Å². The summed E-state index contributed by atoms with van der Waals surface area (Å²) in [5, 5.41) is 4.75. The molecule has 1 aromatic carbocycles. The number of benzene rings is 1. The van der Waals surface area contributed by atoms with Gasteiger partial charge in [0.1, 0.15) is 18.1 Å². The Morgan fingerprint density at radius 1 is 1.03 bits per heavy atom. The van der Waals surface area contributed by atoms with E-state index >= 15 is 0 Å². The second-order valence-corrected chi connectivity index (χ2v) is 12.5. The van der Waals surface area contributed by atoms with Crippen molar-refractivity contribution in [1.29, 1.82) is 0 Å². The summed E-state index contributed by atoms with van der Waals surface area (Å²) >= 11 is 6.21. The Kier molecular flexibility index (Phi) is 11.1. The number of hydrogen-bond donors (Lipinski definition) is 5. The number of halogens is 1. The van der Waals surface area contributed by atoms with Crippen molar-refractivity contribution in [3.05, 3.63) is 33.4 Å². The highest BCUT2D eigenvalue weighted by Crippen LogP contribution is 2.28. The van der Waals surface area contributed by atoms with Crippen LogP contribution in [0.5, 0.6) is 0 Å². The molecule has 3 atom stereocenters. The molecule has 9 nitrogen and oxygen atoms in total. The van der Waals surface area contributed by atoms with Crippen molar-refractivity contribution in [3.63, 3.8) is 0 Å². The fraction of sp³-hybridized carbons (Fsp3) is 0.591. The van der Waals surface area contributed by atoms with Gasteiger partial charge in [0.25, 0.3) is 0 Å². The number of primary amides is 1. The maximum absolute atomic E-state index is 13.2. The molecule has 34 heavy (non-hydrogen) atoms. The fourth-order valence-corrected chi connectivity index (χ4v) is 5.43. The largest absolute Gasteiger partial charge is 0.368 e. The number of amides is 3. The van der Waals surface area contributed by atoms with Crippen LogP contribution in [0.1, 0.15) is 45.1 Å². The Balaban J connectivity index is 2.23. The van der Waals surface area contributed by atoms with Crippen LogP contribution in [0.4, 0.5) is 0 Å². The Bertz CT molecular complexity index is 968. The molecule has 0 radical (unpaired) electrons. The molecule has 0 aliphatic heterocycles. The number of nitrogens with two attached hydrogens (primary N) is 1. The molecular formula is C22H33IN4O5S2. The molecule has 1 aromatic rings. The molecule has 0 saturated heterocycles. The average Bonchev–Trinajstić information content (AvgIpc) is 3.61. The first-order valence-corrected chi connectivity index (χ1v) is 14.4. The van der Waals surface area contributed by atoms with E-state index in [-0.39, 0.29) is 18.1 Å². The van der Waals surface area contributed by atoms with Crippen LogP contribution in [0.3, 0.4) is 0 Å². The van der Waals surface area contributed by atoms with E-state index in [9.17, 15) is 22.8 Å². The maximum atomic E-state index is 13.2. The van der Waals surface area contributed by atoms with Crippen molar-refractivity contribution >= 4 is 63.0 Å². The van der Waals surface area contributed by atoms with Crippen molar-refractivity contribution in [1.82, 2.24) is 15.4 Å². The monoisotopic (exact) mass is 624 g/mol. The van der Waals surface area contributed by atoms with Gasteiger partial charge in [0.05, 0.1) is 5.25 Å². The molecule has 1 aliphatic carbocycles. The molecule has 1 fully saturated rings. The van der Waals surface area contributed by atoms with Gasteiger partial charge in [-0.25, -0.2) is 13.1 Å². The van der Waals surface area contributed by atoms with E-state index in [1.807, 2.05) is 38.1 Å². The Morgan fingerprint density at radius 2 is 1.59 bits per heavy atom. The number of sulfonamides is 1. The van der Waals surface area contributed by atoms with Crippen LogP contribution in [-0.2, 0) is 30.8 Å². The van der Waals surface area contributed by atoms with Gasteiger partial charge in [0.15, 0.2) is 0 Å². The number of rotatable bonds is 14. The molecular weight excluding hydrogens is 591 g/mol. The van der Waals surface area contributed by atoms with Gasteiger partial charge < -0.3 is 16.4 Å². The van der Waals surface area contributed by atoms with Crippen LogP contribution in [0.15, 0.2) is 24.3 Å². The maximum Gasteiger partial charge on any atom is 0.243 e. The smallest absolute Gasteiger partial charge is 0.243 e. The van der Waals surface area contributed by atoms with E-state index < -0.39 is 51.1 Å². The third-order valence-electron chi connectivity index (χ3n) is 5.45. The van der Waals surface area contributed by atoms with Crippen molar-refractivity contribution in [3.8, 4) is 0 Å². The van der Waals surface area contributed by atoms with E-state index in [0.717, 1.165) is 9.13 Å². The number of carbonyl (C=O) groups excluding carboxylic acids is 3. The molecule has 12 heteroatoms. The van der Waals surface area contributed by atoms with Crippen LogP contribution in [0.25, 0.3) is 0 Å². The fourth-order valence-electron chi connectivity index (χ4n) is 3.23. The van der Waals surface area contributed by atoms with Gasteiger partial charge in [-0.1, -0.05) is 26.0 Å². The number of nitrogens with one attached hydrogen (secondary N) is 3. The van der Waals surface area contributed by atoms with Crippen molar-refractivity contribution < 1.29 is 22.8 Å². The number of carbonyl (C=O) groups is 3. The first-order chi connectivity index (χ1) is 15.9. The summed E-state index contributed by atoms with van der Waals surface area (Å²) in [6.07, 6.45) is 2.23. The second-order valence-electron chi connectivity index (χ2n) is 8.92. The summed E-state index contributed by atoms with van der Waals surface area (Å²) in [6.45, 7) is 3.97. The van der Waals surface area contributed by atoms with Gasteiger partial charge in [-0.15, -0.1) is 0 Å². The van der Waals surface area contributed by atoms with Gasteiger partial charge in [-0.3, -0.25) is 14.4 Å². The predicted octanol–water partition coefficient (Wildman–Crippen LogP) is 1.11. The minimum Gasteiger partial charge on any atom is -0.368 e. The van der Waals surface area contributed by atoms with Crippen molar-refractivity contribution in [2.45, 2.75) is 69.3 Å². The quantitative estimate of drug-likeness (QED) is 0.156. The summed E-state index contributed by atoms with van der Waals surface area (Å²) < 4.78 is 28.6. The zero-order valence-corrected chi connectivity index (χ0v) is 23.2. The highest BCUT2D eigenvalue weighted by molar-refractivity contribution is 14.1. The summed E-state index contributed by atoms with van der Waals surface area (Å²) in [6, 6.07) is 4.38. The van der Waals surface area contributed by atoms with Crippen molar-refractivity contribution in [2.24, 2.45) is 11.7 Å². The molecule has 1 saturated carbocycles. The molecule has 0 unspecified atom stereocenters. The molecule has 0 heterocycles. The van der Waals surface area contributed by atoms with Gasteiger partial charge >= 0.3 is 0 Å². The standard InChI is InChI=1S/C22H33IN4O5S2/c1-13(2)3-10-17(27-34(31,32)16-8-9-16)21(29)25-18(11-14-4-6-15(23)7-5-14)22(30)26-19(12-33)20(24)28/h4-7,13,16-19,27,33H,3,8-12H2,1-2H3,(H2,24,28)(H,25,29)(H,26,30)/t17-,18-,19-/m0/s1. The molecule has 0 aromatic heterocycles.